The Morgan fingerprint density at radius 1 is 1.00 bits per heavy atom. The second kappa shape index (κ2) is 9.27. The van der Waals surface area contributed by atoms with E-state index in [1.54, 1.807) is 49.4 Å². The molecule has 0 aromatic heterocycles. The van der Waals surface area contributed by atoms with E-state index in [1.165, 1.54) is 26.5 Å². The molecule has 0 fully saturated rings. The molecule has 0 bridgehead atoms. The van der Waals surface area contributed by atoms with Crippen molar-refractivity contribution in [3.05, 3.63) is 65.9 Å². The Morgan fingerprint density at radius 2 is 1.77 bits per heavy atom. The topological polar surface area (TPSA) is 73.9 Å². The molecule has 0 heterocycles. The van der Waals surface area contributed by atoms with Gasteiger partial charge in [-0.15, -0.1) is 0 Å². The van der Waals surface area contributed by atoms with Gasteiger partial charge in [-0.1, -0.05) is 6.07 Å². The lowest BCUT2D eigenvalue weighted by Crippen LogP contribution is -2.04. The Kier molecular flexibility index (Phi) is 6.79. The SMILES string of the molecule is CCOC(=O)c1cccc(NC=CC(=O)c2ccc(OC)c(OC)c2)c1. The van der Waals surface area contributed by atoms with E-state index >= 15 is 0 Å². The average Bonchev–Trinajstić information content (AvgIpc) is 2.67. The maximum atomic E-state index is 12.3. The second-order valence-electron chi connectivity index (χ2n) is 5.21. The summed E-state index contributed by atoms with van der Waals surface area (Å²) in [6.45, 7) is 2.07. The maximum absolute atomic E-state index is 12.3. The van der Waals surface area contributed by atoms with Crippen LogP contribution in [0.1, 0.15) is 27.6 Å². The summed E-state index contributed by atoms with van der Waals surface area (Å²) in [5, 5.41) is 2.97. The summed E-state index contributed by atoms with van der Waals surface area (Å²) in [5.74, 6) is 0.463. The number of rotatable bonds is 8. The third kappa shape index (κ3) is 4.86. The number of nitrogens with one attached hydrogen (secondary N) is 1. The van der Waals surface area contributed by atoms with E-state index in [9.17, 15) is 9.59 Å². The van der Waals surface area contributed by atoms with Crippen molar-refractivity contribution in [3.8, 4) is 11.5 Å². The third-order valence-electron chi connectivity index (χ3n) is 3.53. The summed E-state index contributed by atoms with van der Waals surface area (Å²) in [7, 11) is 3.05. The van der Waals surface area contributed by atoms with Crippen LogP contribution in [0, 0.1) is 0 Å². The summed E-state index contributed by atoms with van der Waals surface area (Å²) in [6.07, 6.45) is 2.92. The fraction of sp³-hybridized carbons (Fsp3) is 0.200. The normalized spacial score (nSPS) is 10.4. The predicted octanol–water partition coefficient (Wildman–Crippen LogP) is 3.69. The van der Waals surface area contributed by atoms with E-state index in [2.05, 4.69) is 5.32 Å². The van der Waals surface area contributed by atoms with Crippen LogP contribution in [-0.4, -0.2) is 32.6 Å². The number of carbonyl (C=O) groups is 2. The highest BCUT2D eigenvalue weighted by atomic mass is 16.5. The number of methoxy groups -OCH3 is 2. The smallest absolute Gasteiger partial charge is 0.338 e. The van der Waals surface area contributed by atoms with Crippen LogP contribution in [0.15, 0.2) is 54.7 Å². The van der Waals surface area contributed by atoms with Gasteiger partial charge in [0.15, 0.2) is 17.3 Å². The predicted molar refractivity (Wildman–Crippen MR) is 99.0 cm³/mol. The molecule has 2 aromatic carbocycles. The second-order valence-corrected chi connectivity index (χ2v) is 5.21. The highest BCUT2D eigenvalue weighted by Crippen LogP contribution is 2.27. The van der Waals surface area contributed by atoms with Gasteiger partial charge in [0.2, 0.25) is 0 Å². The number of benzene rings is 2. The van der Waals surface area contributed by atoms with Crippen molar-refractivity contribution in [1.82, 2.24) is 0 Å². The van der Waals surface area contributed by atoms with E-state index < -0.39 is 0 Å². The quantitative estimate of drug-likeness (QED) is 0.442. The Hall–Kier alpha value is -3.28. The standard InChI is InChI=1S/C20H21NO5/c1-4-26-20(23)15-6-5-7-16(12-15)21-11-10-17(22)14-8-9-18(24-2)19(13-14)25-3/h5-13,21H,4H2,1-3H3. The first-order valence-corrected chi connectivity index (χ1v) is 8.05. The van der Waals surface area contributed by atoms with Crippen molar-refractivity contribution in [2.45, 2.75) is 6.92 Å². The molecule has 0 aliphatic heterocycles. The van der Waals surface area contributed by atoms with Gasteiger partial charge in [0.25, 0.3) is 0 Å². The molecule has 0 saturated heterocycles. The van der Waals surface area contributed by atoms with E-state index in [-0.39, 0.29) is 11.8 Å². The average molecular weight is 355 g/mol. The monoisotopic (exact) mass is 355 g/mol. The number of carbonyl (C=O) groups excluding carboxylic acids is 2. The van der Waals surface area contributed by atoms with Crippen LogP contribution < -0.4 is 14.8 Å². The first-order valence-electron chi connectivity index (χ1n) is 8.05. The number of ketones is 1. The van der Waals surface area contributed by atoms with E-state index in [0.717, 1.165) is 0 Å². The first-order chi connectivity index (χ1) is 12.6. The Labute approximate surface area is 152 Å². The molecule has 6 nitrogen and oxygen atoms in total. The minimum absolute atomic E-state index is 0.194. The van der Waals surface area contributed by atoms with Gasteiger partial charge >= 0.3 is 5.97 Å². The zero-order valence-electron chi connectivity index (χ0n) is 14.9. The fourth-order valence-corrected chi connectivity index (χ4v) is 2.25. The summed E-state index contributed by atoms with van der Waals surface area (Å²) in [5.41, 5.74) is 1.59. The van der Waals surface area contributed by atoms with Gasteiger partial charge in [-0.2, -0.15) is 0 Å². The minimum atomic E-state index is -0.387. The Bertz CT molecular complexity index is 814. The molecule has 6 heteroatoms. The molecule has 26 heavy (non-hydrogen) atoms. The van der Waals surface area contributed by atoms with Crippen molar-refractivity contribution < 1.29 is 23.8 Å². The van der Waals surface area contributed by atoms with Crippen molar-refractivity contribution in [2.75, 3.05) is 26.1 Å². The summed E-state index contributed by atoms with van der Waals surface area (Å²) in [4.78, 5) is 24.0. The number of hydrogen-bond donors (Lipinski definition) is 1. The van der Waals surface area contributed by atoms with Gasteiger partial charge in [0, 0.05) is 23.5 Å². The minimum Gasteiger partial charge on any atom is -0.493 e. The van der Waals surface area contributed by atoms with Crippen molar-refractivity contribution in [3.63, 3.8) is 0 Å². The van der Waals surface area contributed by atoms with Crippen LogP contribution in [0.4, 0.5) is 5.69 Å². The van der Waals surface area contributed by atoms with Crippen LogP contribution >= 0.6 is 0 Å². The van der Waals surface area contributed by atoms with Crippen LogP contribution in [0.5, 0.6) is 11.5 Å². The summed E-state index contributed by atoms with van der Waals surface area (Å²) < 4.78 is 15.3. The van der Waals surface area contributed by atoms with Gasteiger partial charge in [-0.05, 0) is 43.3 Å². The molecule has 0 aliphatic carbocycles. The number of allylic oxidation sites excluding steroid dienone is 1. The van der Waals surface area contributed by atoms with Crippen molar-refractivity contribution in [1.29, 1.82) is 0 Å². The van der Waals surface area contributed by atoms with Crippen molar-refractivity contribution in [2.24, 2.45) is 0 Å². The number of ether oxygens (including phenoxy) is 3. The van der Waals surface area contributed by atoms with Crippen molar-refractivity contribution >= 4 is 17.4 Å². The van der Waals surface area contributed by atoms with Crippen LogP contribution in [-0.2, 0) is 4.74 Å². The Balaban J connectivity index is 2.05. The molecule has 0 radical (unpaired) electrons. The lowest BCUT2D eigenvalue weighted by molar-refractivity contribution is 0.0526. The molecule has 1 N–H and O–H groups in total. The van der Waals surface area contributed by atoms with E-state index in [4.69, 9.17) is 14.2 Å². The lowest BCUT2D eigenvalue weighted by Gasteiger charge is -2.08. The van der Waals surface area contributed by atoms with Crippen LogP contribution in [0.2, 0.25) is 0 Å². The Morgan fingerprint density at radius 3 is 2.46 bits per heavy atom. The van der Waals surface area contributed by atoms with Gasteiger partial charge < -0.3 is 19.5 Å². The zero-order chi connectivity index (χ0) is 18.9. The molecule has 0 saturated carbocycles. The van der Waals surface area contributed by atoms with Gasteiger partial charge in [-0.25, -0.2) is 4.79 Å². The maximum Gasteiger partial charge on any atom is 0.338 e. The number of anilines is 1. The summed E-state index contributed by atoms with van der Waals surface area (Å²) in [6, 6.07) is 11.8. The lowest BCUT2D eigenvalue weighted by atomic mass is 10.1. The number of hydrogen-bond acceptors (Lipinski definition) is 6. The molecule has 0 amide bonds. The fourth-order valence-electron chi connectivity index (χ4n) is 2.25. The molecule has 136 valence electrons. The first kappa shape index (κ1) is 19.1. The van der Waals surface area contributed by atoms with Gasteiger partial charge in [0.1, 0.15) is 0 Å². The molecular formula is C20H21NO5. The molecule has 0 atom stereocenters. The van der Waals surface area contributed by atoms with Crippen LogP contribution in [0.3, 0.4) is 0 Å². The third-order valence-corrected chi connectivity index (χ3v) is 3.53. The molecular weight excluding hydrogens is 334 g/mol. The van der Waals surface area contributed by atoms with Gasteiger partial charge in [0.05, 0.1) is 26.4 Å². The van der Waals surface area contributed by atoms with E-state index in [1.807, 2.05) is 0 Å². The molecule has 0 aliphatic rings. The highest BCUT2D eigenvalue weighted by Gasteiger charge is 2.09. The zero-order valence-corrected chi connectivity index (χ0v) is 14.9. The number of esters is 1. The van der Waals surface area contributed by atoms with E-state index in [0.29, 0.717) is 34.9 Å². The molecule has 0 unspecified atom stereocenters. The highest BCUT2D eigenvalue weighted by molar-refractivity contribution is 6.05. The van der Waals surface area contributed by atoms with Crippen LogP contribution in [0.25, 0.3) is 0 Å². The summed E-state index contributed by atoms with van der Waals surface area (Å²) >= 11 is 0. The van der Waals surface area contributed by atoms with Gasteiger partial charge in [-0.3, -0.25) is 4.79 Å². The molecule has 0 spiro atoms. The molecule has 2 aromatic rings. The molecule has 2 rings (SSSR count). The largest absolute Gasteiger partial charge is 0.493 e.